The Labute approximate surface area is 157 Å². The zero-order valence-corrected chi connectivity index (χ0v) is 16.5. The van der Waals surface area contributed by atoms with Crippen LogP contribution < -0.4 is 10.1 Å². The second-order valence-electron chi connectivity index (χ2n) is 7.99. The largest absolute Gasteiger partial charge is 0.493 e. The van der Waals surface area contributed by atoms with Crippen molar-refractivity contribution in [2.45, 2.75) is 40.2 Å². The van der Waals surface area contributed by atoms with Gasteiger partial charge in [-0.1, -0.05) is 26.0 Å². The summed E-state index contributed by atoms with van der Waals surface area (Å²) in [4.78, 5) is 7.28. The van der Waals surface area contributed by atoms with E-state index in [0.717, 1.165) is 51.2 Å². The molecular weight excluding hydrogens is 326 g/mol. The highest BCUT2D eigenvalue weighted by Gasteiger charge is 2.42. The van der Waals surface area contributed by atoms with Gasteiger partial charge in [-0.25, -0.2) is 4.99 Å². The molecule has 0 aliphatic carbocycles. The van der Waals surface area contributed by atoms with E-state index in [0.29, 0.717) is 17.9 Å². The molecule has 5 heteroatoms. The molecule has 144 valence electrons. The fourth-order valence-electron chi connectivity index (χ4n) is 3.63. The van der Waals surface area contributed by atoms with Crippen molar-refractivity contribution in [3.63, 3.8) is 0 Å². The molecule has 1 unspecified atom stereocenters. The molecule has 1 spiro atoms. The summed E-state index contributed by atoms with van der Waals surface area (Å²) in [7, 11) is 0. The fraction of sp³-hybridized carbons (Fsp3) is 0.667. The van der Waals surface area contributed by atoms with E-state index in [-0.39, 0.29) is 0 Å². The Morgan fingerprint density at radius 2 is 2.12 bits per heavy atom. The van der Waals surface area contributed by atoms with Crippen LogP contribution in [0.2, 0.25) is 0 Å². The van der Waals surface area contributed by atoms with Crippen LogP contribution in [0.4, 0.5) is 0 Å². The van der Waals surface area contributed by atoms with Crippen LogP contribution in [-0.4, -0.2) is 50.3 Å². The molecule has 26 heavy (non-hydrogen) atoms. The minimum atomic E-state index is 0.353. The third kappa shape index (κ3) is 4.91. The number of aliphatic imine (C=N–C) groups is 1. The summed E-state index contributed by atoms with van der Waals surface area (Å²) >= 11 is 0. The molecule has 0 saturated carbocycles. The van der Waals surface area contributed by atoms with Crippen molar-refractivity contribution in [2.75, 3.05) is 39.5 Å². The third-order valence-electron chi connectivity index (χ3n) is 5.18. The molecule has 5 nitrogen and oxygen atoms in total. The first kappa shape index (κ1) is 19.0. The molecule has 0 radical (unpaired) electrons. The maximum absolute atomic E-state index is 5.75. The number of benzene rings is 1. The lowest BCUT2D eigenvalue weighted by Gasteiger charge is -2.25. The quantitative estimate of drug-likeness (QED) is 0.625. The number of hydrogen-bond donors (Lipinski definition) is 1. The molecule has 1 atom stereocenters. The van der Waals surface area contributed by atoms with E-state index in [1.807, 2.05) is 12.1 Å². The van der Waals surface area contributed by atoms with Crippen LogP contribution in [0.3, 0.4) is 0 Å². The molecule has 3 rings (SSSR count). The van der Waals surface area contributed by atoms with Crippen molar-refractivity contribution in [3.05, 3.63) is 29.8 Å². The van der Waals surface area contributed by atoms with Crippen molar-refractivity contribution < 1.29 is 9.47 Å². The minimum Gasteiger partial charge on any atom is -0.493 e. The molecule has 1 aromatic rings. The van der Waals surface area contributed by atoms with Gasteiger partial charge in [-0.2, -0.15) is 0 Å². The Balaban J connectivity index is 1.59. The first-order valence-corrected chi connectivity index (χ1v) is 9.93. The molecule has 1 aromatic carbocycles. The van der Waals surface area contributed by atoms with Crippen molar-refractivity contribution in [2.24, 2.45) is 16.3 Å². The summed E-state index contributed by atoms with van der Waals surface area (Å²) in [6.07, 6.45) is 2.39. The van der Waals surface area contributed by atoms with Crippen molar-refractivity contribution >= 4 is 5.96 Å². The topological polar surface area (TPSA) is 46.1 Å². The Morgan fingerprint density at radius 1 is 1.31 bits per heavy atom. The molecule has 1 N–H and O–H groups in total. The smallest absolute Gasteiger partial charge is 0.194 e. The standard InChI is InChI=1S/C21H33N3O2/c1-4-22-20(24-11-9-21(15-24)10-12-25-16-21)23-13-18-5-7-19(8-6-18)26-14-17(2)3/h5-8,17H,4,9-16H2,1-3H3,(H,22,23). The van der Waals surface area contributed by atoms with E-state index < -0.39 is 0 Å². The van der Waals surface area contributed by atoms with Gasteiger partial charge in [0.25, 0.3) is 0 Å². The lowest BCUT2D eigenvalue weighted by molar-refractivity contribution is 0.156. The predicted octanol–water partition coefficient (Wildman–Crippen LogP) is 3.30. The maximum Gasteiger partial charge on any atom is 0.194 e. The average Bonchev–Trinajstić information content (AvgIpc) is 3.28. The lowest BCUT2D eigenvalue weighted by Crippen LogP contribution is -2.41. The highest BCUT2D eigenvalue weighted by molar-refractivity contribution is 5.80. The summed E-state index contributed by atoms with van der Waals surface area (Å²) in [6.45, 7) is 12.7. The number of guanidine groups is 1. The Hall–Kier alpha value is -1.75. The van der Waals surface area contributed by atoms with Crippen LogP contribution in [0.1, 0.15) is 39.2 Å². The highest BCUT2D eigenvalue weighted by atomic mass is 16.5. The van der Waals surface area contributed by atoms with Crippen LogP contribution in [0.25, 0.3) is 0 Å². The Morgan fingerprint density at radius 3 is 2.77 bits per heavy atom. The van der Waals surface area contributed by atoms with E-state index in [2.05, 4.69) is 43.1 Å². The molecule has 0 aromatic heterocycles. The van der Waals surface area contributed by atoms with Gasteiger partial charge in [0.2, 0.25) is 0 Å². The van der Waals surface area contributed by atoms with E-state index in [9.17, 15) is 0 Å². The monoisotopic (exact) mass is 359 g/mol. The van der Waals surface area contributed by atoms with Gasteiger partial charge in [0, 0.05) is 31.7 Å². The molecule has 2 fully saturated rings. The number of nitrogens with zero attached hydrogens (tertiary/aromatic N) is 2. The summed E-state index contributed by atoms with van der Waals surface area (Å²) in [5.41, 5.74) is 1.56. The molecule has 2 aliphatic rings. The second kappa shape index (κ2) is 8.76. The molecule has 0 amide bonds. The Bertz CT molecular complexity index is 592. The van der Waals surface area contributed by atoms with Gasteiger partial charge in [-0.3, -0.25) is 0 Å². The first-order valence-electron chi connectivity index (χ1n) is 9.93. The molecular formula is C21H33N3O2. The third-order valence-corrected chi connectivity index (χ3v) is 5.18. The second-order valence-corrected chi connectivity index (χ2v) is 7.99. The molecule has 2 saturated heterocycles. The molecule has 0 bridgehead atoms. The van der Waals surface area contributed by atoms with Gasteiger partial charge in [0.05, 0.1) is 19.8 Å². The number of ether oxygens (including phenoxy) is 2. The van der Waals surface area contributed by atoms with Crippen LogP contribution in [0.5, 0.6) is 5.75 Å². The van der Waals surface area contributed by atoms with Crippen molar-refractivity contribution in [3.8, 4) is 5.75 Å². The van der Waals surface area contributed by atoms with Gasteiger partial charge in [-0.15, -0.1) is 0 Å². The van der Waals surface area contributed by atoms with Crippen LogP contribution in [0.15, 0.2) is 29.3 Å². The van der Waals surface area contributed by atoms with Gasteiger partial charge in [0.15, 0.2) is 5.96 Å². The molecule has 2 aliphatic heterocycles. The number of hydrogen-bond acceptors (Lipinski definition) is 3. The number of rotatable bonds is 6. The lowest BCUT2D eigenvalue weighted by atomic mass is 9.87. The fourth-order valence-corrected chi connectivity index (χ4v) is 3.63. The zero-order valence-electron chi connectivity index (χ0n) is 16.5. The first-order chi connectivity index (χ1) is 12.6. The summed E-state index contributed by atoms with van der Waals surface area (Å²) in [5.74, 6) is 2.49. The normalized spacial score (nSPS) is 23.2. The van der Waals surface area contributed by atoms with Crippen molar-refractivity contribution in [1.29, 1.82) is 0 Å². The highest BCUT2D eigenvalue weighted by Crippen LogP contribution is 2.38. The average molecular weight is 360 g/mol. The Kier molecular flexibility index (Phi) is 6.41. The van der Waals surface area contributed by atoms with E-state index in [1.54, 1.807) is 0 Å². The van der Waals surface area contributed by atoms with E-state index in [1.165, 1.54) is 18.4 Å². The van der Waals surface area contributed by atoms with Crippen molar-refractivity contribution in [1.82, 2.24) is 10.2 Å². The predicted molar refractivity (Wildman–Crippen MR) is 106 cm³/mol. The summed E-state index contributed by atoms with van der Waals surface area (Å²) in [6, 6.07) is 8.31. The van der Waals surface area contributed by atoms with Gasteiger partial charge in [-0.05, 0) is 43.4 Å². The van der Waals surface area contributed by atoms with Gasteiger partial charge >= 0.3 is 0 Å². The minimum absolute atomic E-state index is 0.353. The molecule has 2 heterocycles. The van der Waals surface area contributed by atoms with E-state index in [4.69, 9.17) is 14.5 Å². The maximum atomic E-state index is 5.75. The van der Waals surface area contributed by atoms with Gasteiger partial charge in [0.1, 0.15) is 5.75 Å². The SMILES string of the molecule is CCNC(=NCc1ccc(OCC(C)C)cc1)N1CCC2(CCOC2)C1. The summed E-state index contributed by atoms with van der Waals surface area (Å²) < 4.78 is 11.4. The number of nitrogens with one attached hydrogen (secondary N) is 1. The van der Waals surface area contributed by atoms with Crippen LogP contribution in [0, 0.1) is 11.3 Å². The number of likely N-dealkylation sites (tertiary alicyclic amines) is 1. The van der Waals surface area contributed by atoms with Gasteiger partial charge < -0.3 is 19.7 Å². The van der Waals surface area contributed by atoms with Crippen LogP contribution >= 0.6 is 0 Å². The van der Waals surface area contributed by atoms with E-state index >= 15 is 0 Å². The van der Waals surface area contributed by atoms with Crippen LogP contribution in [-0.2, 0) is 11.3 Å². The summed E-state index contributed by atoms with van der Waals surface area (Å²) in [5, 5.41) is 3.46. The zero-order chi connectivity index (χ0) is 18.4.